The Morgan fingerprint density at radius 2 is 2.00 bits per heavy atom. The zero-order chi connectivity index (χ0) is 19.4. The van der Waals surface area contributed by atoms with Gasteiger partial charge >= 0.3 is 0 Å². The summed E-state index contributed by atoms with van der Waals surface area (Å²) in [5, 5.41) is 6.60. The van der Waals surface area contributed by atoms with Crippen LogP contribution >= 0.6 is 11.6 Å². The highest BCUT2D eigenvalue weighted by Crippen LogP contribution is 2.20. The molecule has 8 nitrogen and oxygen atoms in total. The summed E-state index contributed by atoms with van der Waals surface area (Å²) in [6, 6.07) is 7.79. The first-order valence-electron chi connectivity index (χ1n) is 8.33. The van der Waals surface area contributed by atoms with Gasteiger partial charge in [-0.15, -0.1) is 0 Å². The maximum atomic E-state index is 12.7. The number of ether oxygens (including phenoxy) is 1. The van der Waals surface area contributed by atoms with Crippen molar-refractivity contribution in [3.05, 3.63) is 51.8 Å². The van der Waals surface area contributed by atoms with Crippen molar-refractivity contribution in [3.8, 4) is 0 Å². The molecule has 2 heterocycles. The van der Waals surface area contributed by atoms with E-state index in [-0.39, 0.29) is 22.6 Å². The molecule has 0 spiro atoms. The molecule has 1 aliphatic heterocycles. The summed E-state index contributed by atoms with van der Waals surface area (Å²) in [5.74, 6) is -0.443. The molecule has 1 atom stereocenters. The van der Waals surface area contributed by atoms with Crippen molar-refractivity contribution in [1.29, 1.82) is 0 Å². The molecule has 144 valence electrons. The molecule has 10 heteroatoms. The Bertz CT molecular complexity index is 982. The van der Waals surface area contributed by atoms with Gasteiger partial charge in [0.15, 0.2) is 5.03 Å². The number of amides is 1. The van der Waals surface area contributed by atoms with E-state index in [9.17, 15) is 18.0 Å². The molecular formula is C17H18ClN3O5S. The lowest BCUT2D eigenvalue weighted by Crippen LogP contribution is -2.37. The zero-order valence-corrected chi connectivity index (χ0v) is 15.9. The average molecular weight is 412 g/mol. The van der Waals surface area contributed by atoms with Crippen LogP contribution in [0.4, 0.5) is 0 Å². The van der Waals surface area contributed by atoms with Crippen molar-refractivity contribution in [2.45, 2.75) is 35.4 Å². The van der Waals surface area contributed by atoms with Crippen LogP contribution in [0.15, 0.2) is 51.1 Å². The van der Waals surface area contributed by atoms with Crippen LogP contribution in [-0.2, 0) is 25.9 Å². The Balaban J connectivity index is 1.76. The minimum Gasteiger partial charge on any atom is -0.376 e. The van der Waals surface area contributed by atoms with Crippen molar-refractivity contribution in [2.24, 2.45) is 0 Å². The lowest BCUT2D eigenvalue weighted by atomic mass is 10.2. The molecule has 1 N–H and O–H groups in total. The predicted octanol–water partition coefficient (Wildman–Crippen LogP) is 1.02. The molecule has 0 bridgehead atoms. The van der Waals surface area contributed by atoms with Gasteiger partial charge in [-0.3, -0.25) is 9.59 Å². The summed E-state index contributed by atoms with van der Waals surface area (Å²) in [5.41, 5.74) is -0.572. The van der Waals surface area contributed by atoms with Gasteiger partial charge in [-0.1, -0.05) is 11.6 Å². The number of aromatic nitrogens is 2. The summed E-state index contributed by atoms with van der Waals surface area (Å²) < 4.78 is 31.5. The first-order valence-corrected chi connectivity index (χ1v) is 10.2. The van der Waals surface area contributed by atoms with Gasteiger partial charge in [0.25, 0.3) is 5.56 Å². The molecule has 0 unspecified atom stereocenters. The number of hydrogen-bond acceptors (Lipinski definition) is 6. The van der Waals surface area contributed by atoms with E-state index in [1.54, 1.807) is 0 Å². The second kappa shape index (κ2) is 8.20. The molecule has 1 aromatic carbocycles. The topological polar surface area (TPSA) is 107 Å². The van der Waals surface area contributed by atoms with Gasteiger partial charge in [0.2, 0.25) is 15.7 Å². The summed E-state index contributed by atoms with van der Waals surface area (Å²) in [6.07, 6.45) is 1.79. The summed E-state index contributed by atoms with van der Waals surface area (Å²) in [7, 11) is -3.94. The number of halogens is 1. The Hall–Kier alpha value is -2.23. The van der Waals surface area contributed by atoms with Gasteiger partial charge in [0, 0.05) is 24.2 Å². The van der Waals surface area contributed by atoms with E-state index in [1.165, 1.54) is 24.3 Å². The lowest BCUT2D eigenvalue weighted by molar-refractivity contribution is -0.122. The zero-order valence-electron chi connectivity index (χ0n) is 14.3. The molecule has 0 radical (unpaired) electrons. The normalized spacial score (nSPS) is 17.0. The molecule has 27 heavy (non-hydrogen) atoms. The Morgan fingerprint density at radius 3 is 2.67 bits per heavy atom. The number of carbonyl (C=O) groups is 1. The van der Waals surface area contributed by atoms with Crippen molar-refractivity contribution in [1.82, 2.24) is 15.1 Å². The van der Waals surface area contributed by atoms with E-state index in [2.05, 4.69) is 10.4 Å². The van der Waals surface area contributed by atoms with E-state index < -0.39 is 21.3 Å². The molecule has 1 saturated heterocycles. The largest absolute Gasteiger partial charge is 0.376 e. The van der Waals surface area contributed by atoms with Gasteiger partial charge in [0.1, 0.15) is 6.54 Å². The van der Waals surface area contributed by atoms with Crippen LogP contribution in [0.1, 0.15) is 12.8 Å². The fourth-order valence-electron chi connectivity index (χ4n) is 2.65. The van der Waals surface area contributed by atoms with Crippen molar-refractivity contribution in [3.63, 3.8) is 0 Å². The number of nitrogens with one attached hydrogen (secondary N) is 1. The van der Waals surface area contributed by atoms with Gasteiger partial charge in [-0.2, -0.15) is 5.10 Å². The molecule has 0 aliphatic carbocycles. The number of benzene rings is 1. The first kappa shape index (κ1) is 19.5. The highest BCUT2D eigenvalue weighted by atomic mass is 35.5. The fourth-order valence-corrected chi connectivity index (χ4v) is 3.96. The Kier molecular flexibility index (Phi) is 5.93. The number of rotatable bonds is 6. The van der Waals surface area contributed by atoms with Crippen molar-refractivity contribution >= 4 is 27.3 Å². The van der Waals surface area contributed by atoms with Crippen molar-refractivity contribution in [2.75, 3.05) is 13.2 Å². The van der Waals surface area contributed by atoms with Crippen LogP contribution in [0.5, 0.6) is 0 Å². The van der Waals surface area contributed by atoms with E-state index in [0.717, 1.165) is 29.7 Å². The van der Waals surface area contributed by atoms with Gasteiger partial charge < -0.3 is 10.1 Å². The Morgan fingerprint density at radius 1 is 1.26 bits per heavy atom. The molecule has 1 aromatic heterocycles. The summed E-state index contributed by atoms with van der Waals surface area (Å²) >= 11 is 5.78. The highest BCUT2D eigenvalue weighted by molar-refractivity contribution is 7.91. The number of nitrogens with zero attached hydrogens (tertiary/aromatic N) is 2. The third-order valence-corrected chi connectivity index (χ3v) is 6.00. The van der Waals surface area contributed by atoms with E-state index in [4.69, 9.17) is 16.3 Å². The van der Waals surface area contributed by atoms with Crippen LogP contribution in [0.25, 0.3) is 0 Å². The predicted molar refractivity (Wildman–Crippen MR) is 97.4 cm³/mol. The molecule has 0 saturated carbocycles. The molecule has 1 amide bonds. The lowest BCUT2D eigenvalue weighted by Gasteiger charge is -2.11. The maximum Gasteiger partial charge on any atom is 0.267 e. The summed E-state index contributed by atoms with van der Waals surface area (Å²) in [4.78, 5) is 24.0. The van der Waals surface area contributed by atoms with E-state index in [1.807, 2.05) is 0 Å². The number of hydrogen-bond donors (Lipinski definition) is 1. The van der Waals surface area contributed by atoms with E-state index >= 15 is 0 Å². The molecule has 2 aromatic rings. The monoisotopic (exact) mass is 411 g/mol. The fraction of sp³-hybridized carbons (Fsp3) is 0.353. The van der Waals surface area contributed by atoms with E-state index in [0.29, 0.717) is 18.2 Å². The minimum absolute atomic E-state index is 0.00701. The maximum absolute atomic E-state index is 12.7. The standard InChI is InChI=1S/C17H18ClN3O5S/c18-12-3-5-14(6-4-12)27(24,25)16-7-8-17(23)21(20-16)11-15(22)19-10-13-2-1-9-26-13/h3-8,13H,1-2,9-11H2,(H,19,22)/t13-/m1/s1. The SMILES string of the molecule is O=C(Cn1nc(S(=O)(=O)c2ccc(Cl)cc2)ccc1=O)NC[C@H]1CCCO1. The smallest absolute Gasteiger partial charge is 0.267 e. The Labute approximate surface area is 161 Å². The van der Waals surface area contributed by atoms with Crippen LogP contribution < -0.4 is 10.9 Å². The van der Waals surface area contributed by atoms with Gasteiger partial charge in [-0.05, 0) is 43.2 Å². The van der Waals surface area contributed by atoms with Crippen LogP contribution in [0.2, 0.25) is 5.02 Å². The number of carbonyl (C=O) groups excluding carboxylic acids is 1. The first-order chi connectivity index (χ1) is 12.9. The molecule has 3 rings (SSSR count). The van der Waals surface area contributed by atoms with Crippen LogP contribution in [0.3, 0.4) is 0 Å². The minimum atomic E-state index is -3.94. The molecule has 1 fully saturated rings. The molecule has 1 aliphatic rings. The molecular weight excluding hydrogens is 394 g/mol. The highest BCUT2D eigenvalue weighted by Gasteiger charge is 2.21. The van der Waals surface area contributed by atoms with Gasteiger partial charge in [-0.25, -0.2) is 13.1 Å². The van der Waals surface area contributed by atoms with Gasteiger partial charge in [0.05, 0.1) is 11.0 Å². The van der Waals surface area contributed by atoms with Crippen molar-refractivity contribution < 1.29 is 17.9 Å². The third-order valence-electron chi connectivity index (χ3n) is 4.09. The third kappa shape index (κ3) is 4.74. The van der Waals surface area contributed by atoms with Crippen LogP contribution in [0, 0.1) is 0 Å². The van der Waals surface area contributed by atoms with Crippen LogP contribution in [-0.4, -0.2) is 43.4 Å². The second-order valence-electron chi connectivity index (χ2n) is 6.06. The quantitative estimate of drug-likeness (QED) is 0.760. The average Bonchev–Trinajstić information content (AvgIpc) is 3.16. The summed E-state index contributed by atoms with van der Waals surface area (Å²) in [6.45, 7) is 0.637. The second-order valence-corrected chi connectivity index (χ2v) is 8.40. The number of sulfone groups is 1.